The number of pyridine rings is 1. The van der Waals surface area contributed by atoms with Crippen LogP contribution >= 0.6 is 0 Å². The molecule has 1 aromatic heterocycles. The number of aryl methyl sites for hydroxylation is 1. The number of amides is 1. The van der Waals surface area contributed by atoms with Crippen LogP contribution < -0.4 is 4.74 Å². The molecular weight excluding hydrogens is 256 g/mol. The van der Waals surface area contributed by atoms with Crippen molar-refractivity contribution < 1.29 is 14.3 Å². The summed E-state index contributed by atoms with van der Waals surface area (Å²) >= 11 is 0. The molecule has 1 aliphatic heterocycles. The van der Waals surface area contributed by atoms with Gasteiger partial charge in [-0.3, -0.25) is 4.98 Å². The van der Waals surface area contributed by atoms with Gasteiger partial charge in [0.25, 0.3) is 0 Å². The maximum atomic E-state index is 11.9. The van der Waals surface area contributed by atoms with Gasteiger partial charge in [0.05, 0.1) is 12.7 Å². The minimum absolute atomic E-state index is 0.00650. The van der Waals surface area contributed by atoms with Gasteiger partial charge in [0, 0.05) is 18.7 Å². The molecular formula is C15H22N2O3. The number of hydrogen-bond acceptors (Lipinski definition) is 4. The summed E-state index contributed by atoms with van der Waals surface area (Å²) in [6.07, 6.45) is 2.26. The molecule has 1 amide bonds. The van der Waals surface area contributed by atoms with E-state index in [4.69, 9.17) is 9.47 Å². The quantitative estimate of drug-likeness (QED) is 0.834. The second kappa shape index (κ2) is 5.69. The Labute approximate surface area is 119 Å². The minimum atomic E-state index is -0.461. The van der Waals surface area contributed by atoms with Gasteiger partial charge in [0.1, 0.15) is 17.5 Å². The smallest absolute Gasteiger partial charge is 0.410 e. The van der Waals surface area contributed by atoms with Crippen molar-refractivity contribution in [1.29, 1.82) is 0 Å². The van der Waals surface area contributed by atoms with Gasteiger partial charge in [-0.1, -0.05) is 0 Å². The third-order valence-corrected chi connectivity index (χ3v) is 2.98. The Hall–Kier alpha value is -1.78. The van der Waals surface area contributed by atoms with E-state index in [0.717, 1.165) is 17.9 Å². The van der Waals surface area contributed by atoms with E-state index >= 15 is 0 Å². The number of carbonyl (C=O) groups is 1. The zero-order valence-electron chi connectivity index (χ0n) is 12.5. The molecule has 1 aromatic rings. The predicted molar refractivity (Wildman–Crippen MR) is 75.8 cm³/mol. The molecule has 5 nitrogen and oxygen atoms in total. The second-order valence-electron chi connectivity index (χ2n) is 6.09. The highest BCUT2D eigenvalue weighted by Crippen LogP contribution is 2.20. The van der Waals surface area contributed by atoms with Crippen molar-refractivity contribution in [2.24, 2.45) is 0 Å². The Morgan fingerprint density at radius 2 is 2.15 bits per heavy atom. The molecule has 20 heavy (non-hydrogen) atoms. The molecule has 1 unspecified atom stereocenters. The highest BCUT2D eigenvalue weighted by atomic mass is 16.6. The first-order chi connectivity index (χ1) is 9.33. The summed E-state index contributed by atoms with van der Waals surface area (Å²) in [6, 6.07) is 3.81. The van der Waals surface area contributed by atoms with E-state index in [1.165, 1.54) is 0 Å². The lowest BCUT2D eigenvalue weighted by Crippen LogP contribution is -2.36. The van der Waals surface area contributed by atoms with E-state index in [1.54, 1.807) is 11.1 Å². The van der Waals surface area contributed by atoms with Crippen LogP contribution in [0.5, 0.6) is 5.75 Å². The molecule has 2 rings (SSSR count). The van der Waals surface area contributed by atoms with Crippen molar-refractivity contribution in [2.75, 3.05) is 13.1 Å². The average Bonchev–Trinajstić information content (AvgIpc) is 2.79. The predicted octanol–water partition coefficient (Wildman–Crippen LogP) is 2.78. The zero-order chi connectivity index (χ0) is 14.8. The van der Waals surface area contributed by atoms with Crippen LogP contribution in [0.2, 0.25) is 0 Å². The molecule has 1 saturated heterocycles. The van der Waals surface area contributed by atoms with Gasteiger partial charge in [0.2, 0.25) is 0 Å². The fraction of sp³-hybridized carbons (Fsp3) is 0.600. The minimum Gasteiger partial charge on any atom is -0.487 e. The van der Waals surface area contributed by atoms with Gasteiger partial charge in [-0.2, -0.15) is 0 Å². The molecule has 1 fully saturated rings. The summed E-state index contributed by atoms with van der Waals surface area (Å²) in [6.45, 7) is 8.76. The van der Waals surface area contributed by atoms with Crippen LogP contribution in [0.1, 0.15) is 32.9 Å². The fourth-order valence-corrected chi connectivity index (χ4v) is 2.03. The van der Waals surface area contributed by atoms with E-state index < -0.39 is 5.60 Å². The third-order valence-electron chi connectivity index (χ3n) is 2.98. The molecule has 0 saturated carbocycles. The van der Waals surface area contributed by atoms with Crippen LogP contribution in [-0.2, 0) is 4.74 Å². The summed E-state index contributed by atoms with van der Waals surface area (Å²) in [5, 5.41) is 0. The summed E-state index contributed by atoms with van der Waals surface area (Å²) in [4.78, 5) is 17.8. The molecule has 0 bridgehead atoms. The van der Waals surface area contributed by atoms with Crippen LogP contribution in [0.3, 0.4) is 0 Å². The Morgan fingerprint density at radius 3 is 2.75 bits per heavy atom. The van der Waals surface area contributed by atoms with Crippen LogP contribution in [0.4, 0.5) is 4.79 Å². The first kappa shape index (κ1) is 14.6. The van der Waals surface area contributed by atoms with Crippen LogP contribution in [0.25, 0.3) is 0 Å². The lowest BCUT2D eigenvalue weighted by atomic mass is 10.2. The molecule has 0 N–H and O–H groups in total. The highest BCUT2D eigenvalue weighted by Gasteiger charge is 2.30. The molecule has 1 aliphatic rings. The van der Waals surface area contributed by atoms with Gasteiger partial charge in [-0.05, 0) is 39.8 Å². The molecule has 2 heterocycles. The monoisotopic (exact) mass is 278 g/mol. The molecule has 0 aromatic carbocycles. The fourth-order valence-electron chi connectivity index (χ4n) is 2.03. The number of ether oxygens (including phenoxy) is 2. The first-order valence-corrected chi connectivity index (χ1v) is 6.91. The highest BCUT2D eigenvalue weighted by molar-refractivity contribution is 5.68. The summed E-state index contributed by atoms with van der Waals surface area (Å²) in [5.74, 6) is 0.742. The first-order valence-electron chi connectivity index (χ1n) is 6.91. The number of hydrogen-bond donors (Lipinski definition) is 0. The summed E-state index contributed by atoms with van der Waals surface area (Å²) in [5.41, 5.74) is 0.496. The number of rotatable bonds is 2. The Bertz CT molecular complexity index is 465. The van der Waals surface area contributed by atoms with Gasteiger partial charge in [-0.25, -0.2) is 4.79 Å². The van der Waals surface area contributed by atoms with Gasteiger partial charge in [-0.15, -0.1) is 0 Å². The van der Waals surface area contributed by atoms with E-state index in [1.807, 2.05) is 39.8 Å². The molecule has 0 radical (unpaired) electrons. The number of nitrogens with zero attached hydrogens (tertiary/aromatic N) is 2. The molecule has 0 spiro atoms. The maximum absolute atomic E-state index is 11.9. The van der Waals surface area contributed by atoms with Crippen molar-refractivity contribution in [3.8, 4) is 5.75 Å². The summed E-state index contributed by atoms with van der Waals surface area (Å²) in [7, 11) is 0. The topological polar surface area (TPSA) is 51.7 Å². The van der Waals surface area contributed by atoms with Crippen molar-refractivity contribution in [1.82, 2.24) is 9.88 Å². The SMILES string of the molecule is Cc1ccc(OC2CCN(C(=O)OC(C)(C)C)C2)cn1. The number of likely N-dealkylation sites (tertiary alicyclic amines) is 1. The van der Waals surface area contributed by atoms with Crippen molar-refractivity contribution in [2.45, 2.75) is 45.8 Å². The Morgan fingerprint density at radius 1 is 1.40 bits per heavy atom. The van der Waals surface area contributed by atoms with E-state index in [0.29, 0.717) is 13.1 Å². The normalized spacial score (nSPS) is 19.0. The maximum Gasteiger partial charge on any atom is 0.410 e. The molecule has 0 aliphatic carbocycles. The third kappa shape index (κ3) is 4.11. The lowest BCUT2D eigenvalue weighted by Gasteiger charge is -2.24. The van der Waals surface area contributed by atoms with E-state index in [2.05, 4.69) is 4.98 Å². The van der Waals surface area contributed by atoms with Crippen molar-refractivity contribution >= 4 is 6.09 Å². The van der Waals surface area contributed by atoms with Gasteiger partial charge >= 0.3 is 6.09 Å². The largest absolute Gasteiger partial charge is 0.487 e. The van der Waals surface area contributed by atoms with Crippen LogP contribution in [-0.4, -0.2) is 40.8 Å². The molecule has 1 atom stereocenters. The van der Waals surface area contributed by atoms with Gasteiger partial charge < -0.3 is 14.4 Å². The zero-order valence-corrected chi connectivity index (χ0v) is 12.5. The number of aromatic nitrogens is 1. The van der Waals surface area contributed by atoms with E-state index in [-0.39, 0.29) is 12.2 Å². The molecule has 5 heteroatoms. The van der Waals surface area contributed by atoms with Crippen molar-refractivity contribution in [3.05, 3.63) is 24.0 Å². The summed E-state index contributed by atoms with van der Waals surface area (Å²) < 4.78 is 11.2. The van der Waals surface area contributed by atoms with Crippen molar-refractivity contribution in [3.63, 3.8) is 0 Å². The Kier molecular flexibility index (Phi) is 4.16. The van der Waals surface area contributed by atoms with Gasteiger partial charge in [0.15, 0.2) is 0 Å². The lowest BCUT2D eigenvalue weighted by molar-refractivity contribution is 0.0275. The van der Waals surface area contributed by atoms with Crippen LogP contribution in [0.15, 0.2) is 18.3 Å². The number of carbonyl (C=O) groups excluding carboxylic acids is 1. The van der Waals surface area contributed by atoms with Crippen LogP contribution in [0, 0.1) is 6.92 Å². The molecule has 110 valence electrons. The average molecular weight is 278 g/mol. The Balaban J connectivity index is 1.86. The standard InChI is InChI=1S/C15H22N2O3/c1-11-5-6-12(9-16-11)19-13-7-8-17(10-13)14(18)20-15(2,3)4/h5-6,9,13H,7-8,10H2,1-4H3. The van der Waals surface area contributed by atoms with E-state index in [9.17, 15) is 4.79 Å². The second-order valence-corrected chi connectivity index (χ2v) is 6.09.